The van der Waals surface area contributed by atoms with Crippen LogP contribution in [-0.4, -0.2) is 33.2 Å². The predicted octanol–water partition coefficient (Wildman–Crippen LogP) is 2.27. The fourth-order valence-electron chi connectivity index (χ4n) is 3.08. The Morgan fingerprint density at radius 1 is 1.17 bits per heavy atom. The number of anilines is 1. The van der Waals surface area contributed by atoms with Gasteiger partial charge in [0.15, 0.2) is 5.65 Å². The zero-order valence-corrected chi connectivity index (χ0v) is 16.1. The molecule has 0 unspecified atom stereocenters. The number of aromatic nitrogens is 4. The Labute approximate surface area is 170 Å². The second-order valence-electron chi connectivity index (χ2n) is 6.53. The molecule has 0 aliphatic rings. The number of rotatable bonds is 6. The third-order valence-corrected chi connectivity index (χ3v) is 4.55. The summed E-state index contributed by atoms with van der Waals surface area (Å²) in [5.41, 5.74) is -0.0180. The smallest absolute Gasteiger partial charge is 0.334 e. The average Bonchev–Trinajstić information content (AvgIpc) is 2.74. The van der Waals surface area contributed by atoms with Crippen molar-refractivity contribution in [3.05, 3.63) is 86.9 Å². The molecule has 0 saturated heterocycles. The van der Waals surface area contributed by atoms with Gasteiger partial charge in [0.25, 0.3) is 5.56 Å². The Morgan fingerprint density at radius 3 is 2.80 bits per heavy atom. The number of hydrogen-bond donors (Lipinski definition) is 2. The molecule has 2 aromatic heterocycles. The van der Waals surface area contributed by atoms with Gasteiger partial charge < -0.3 is 10.1 Å². The fraction of sp³-hybridized carbons (Fsp3) is 0.143. The maximum Gasteiger partial charge on any atom is 0.334 e. The molecule has 0 aliphatic carbocycles. The second-order valence-corrected chi connectivity index (χ2v) is 6.53. The number of hydrogen-bond acceptors (Lipinski definition) is 6. The van der Waals surface area contributed by atoms with Gasteiger partial charge in [-0.25, -0.2) is 18.7 Å². The van der Waals surface area contributed by atoms with Crippen LogP contribution in [0.3, 0.4) is 0 Å². The van der Waals surface area contributed by atoms with E-state index in [1.54, 1.807) is 7.11 Å². The second kappa shape index (κ2) is 8.16. The maximum absolute atomic E-state index is 13.5. The molecule has 9 heteroatoms. The van der Waals surface area contributed by atoms with Crippen molar-refractivity contribution in [3.8, 4) is 11.4 Å². The van der Waals surface area contributed by atoms with E-state index in [1.807, 2.05) is 24.3 Å². The van der Waals surface area contributed by atoms with E-state index in [4.69, 9.17) is 4.74 Å². The lowest BCUT2D eigenvalue weighted by molar-refractivity contribution is 0.414. The van der Waals surface area contributed by atoms with Crippen LogP contribution in [0.5, 0.6) is 5.75 Å². The molecule has 30 heavy (non-hydrogen) atoms. The SMILES string of the molecule is COc1cccc(CCNc2ncc3c(=O)n(-c4cccc(F)c4)c(=O)[nH]c3n2)c1. The highest BCUT2D eigenvalue weighted by Gasteiger charge is 2.12. The molecule has 0 bridgehead atoms. The van der Waals surface area contributed by atoms with Crippen molar-refractivity contribution in [2.45, 2.75) is 6.42 Å². The van der Waals surface area contributed by atoms with E-state index in [0.29, 0.717) is 13.0 Å². The predicted molar refractivity (Wildman–Crippen MR) is 111 cm³/mol. The number of H-pyrrole nitrogens is 1. The Morgan fingerprint density at radius 2 is 2.00 bits per heavy atom. The highest BCUT2D eigenvalue weighted by atomic mass is 19.1. The van der Waals surface area contributed by atoms with Crippen LogP contribution >= 0.6 is 0 Å². The van der Waals surface area contributed by atoms with E-state index < -0.39 is 17.1 Å². The lowest BCUT2D eigenvalue weighted by Crippen LogP contribution is -2.34. The van der Waals surface area contributed by atoms with Crippen molar-refractivity contribution in [2.75, 3.05) is 19.0 Å². The van der Waals surface area contributed by atoms with Gasteiger partial charge in [-0.05, 0) is 42.3 Å². The van der Waals surface area contributed by atoms with Crippen molar-refractivity contribution in [1.29, 1.82) is 0 Å². The largest absolute Gasteiger partial charge is 0.497 e. The molecule has 0 saturated carbocycles. The highest BCUT2D eigenvalue weighted by Crippen LogP contribution is 2.13. The third-order valence-electron chi connectivity index (χ3n) is 4.55. The number of nitrogens with zero attached hydrogens (tertiary/aromatic N) is 3. The zero-order valence-electron chi connectivity index (χ0n) is 16.1. The van der Waals surface area contributed by atoms with Crippen molar-refractivity contribution >= 4 is 17.0 Å². The Bertz CT molecular complexity index is 1330. The molecule has 2 heterocycles. The standard InChI is InChI=1S/C21H18FN5O3/c1-30-16-7-2-4-13(10-16)8-9-23-20-24-12-17-18(25-20)26-21(29)27(19(17)28)15-6-3-5-14(22)11-15/h2-7,10-12H,8-9H2,1H3,(H2,23,24,25,26,29). The van der Waals surface area contributed by atoms with Crippen LogP contribution in [0.15, 0.2) is 64.3 Å². The van der Waals surface area contributed by atoms with Gasteiger partial charge in [-0.1, -0.05) is 18.2 Å². The van der Waals surface area contributed by atoms with E-state index in [-0.39, 0.29) is 22.7 Å². The fourth-order valence-corrected chi connectivity index (χ4v) is 3.08. The Kier molecular flexibility index (Phi) is 5.25. The van der Waals surface area contributed by atoms with Gasteiger partial charge >= 0.3 is 5.69 Å². The van der Waals surface area contributed by atoms with Crippen molar-refractivity contribution in [1.82, 2.24) is 19.5 Å². The first-order valence-electron chi connectivity index (χ1n) is 9.20. The molecule has 0 atom stereocenters. The minimum absolute atomic E-state index is 0.108. The van der Waals surface area contributed by atoms with Crippen LogP contribution < -0.4 is 21.3 Å². The highest BCUT2D eigenvalue weighted by molar-refractivity contribution is 5.73. The lowest BCUT2D eigenvalue weighted by atomic mass is 10.1. The number of methoxy groups -OCH3 is 1. The molecular weight excluding hydrogens is 389 g/mol. The molecule has 152 valence electrons. The minimum Gasteiger partial charge on any atom is -0.497 e. The molecule has 0 amide bonds. The first-order valence-corrected chi connectivity index (χ1v) is 9.20. The summed E-state index contributed by atoms with van der Waals surface area (Å²) in [6.45, 7) is 0.545. The number of fused-ring (bicyclic) bond motifs is 1. The number of aromatic amines is 1. The summed E-state index contributed by atoms with van der Waals surface area (Å²) < 4.78 is 19.6. The van der Waals surface area contributed by atoms with Gasteiger partial charge in [0.05, 0.1) is 12.8 Å². The topological polar surface area (TPSA) is 102 Å². The van der Waals surface area contributed by atoms with Gasteiger partial charge in [0.2, 0.25) is 5.95 Å². The molecule has 2 N–H and O–H groups in total. The summed E-state index contributed by atoms with van der Waals surface area (Å²) in [6, 6.07) is 12.9. The van der Waals surface area contributed by atoms with Gasteiger partial charge in [-0.15, -0.1) is 0 Å². The summed E-state index contributed by atoms with van der Waals surface area (Å²) >= 11 is 0. The Hall–Kier alpha value is -4.01. The van der Waals surface area contributed by atoms with Gasteiger partial charge in [0.1, 0.15) is 17.0 Å². The molecule has 2 aromatic carbocycles. The van der Waals surface area contributed by atoms with Crippen molar-refractivity contribution in [3.63, 3.8) is 0 Å². The van der Waals surface area contributed by atoms with Crippen LogP contribution in [0, 0.1) is 5.82 Å². The normalized spacial score (nSPS) is 10.9. The summed E-state index contributed by atoms with van der Waals surface area (Å²) in [4.78, 5) is 36.1. The van der Waals surface area contributed by atoms with Crippen LogP contribution in [0.25, 0.3) is 16.7 Å². The summed E-state index contributed by atoms with van der Waals surface area (Å²) in [6.07, 6.45) is 2.04. The molecule has 0 aliphatic heterocycles. The Balaban J connectivity index is 1.58. The minimum atomic E-state index is -0.709. The number of halogens is 1. The summed E-state index contributed by atoms with van der Waals surface area (Å²) in [5.74, 6) is 0.510. The van der Waals surface area contributed by atoms with E-state index in [9.17, 15) is 14.0 Å². The molecule has 8 nitrogen and oxygen atoms in total. The molecular formula is C21H18FN5O3. The van der Waals surface area contributed by atoms with E-state index in [1.165, 1.54) is 24.4 Å². The van der Waals surface area contributed by atoms with Crippen LogP contribution in [0.1, 0.15) is 5.56 Å². The number of ether oxygens (including phenoxy) is 1. The average molecular weight is 407 g/mol. The van der Waals surface area contributed by atoms with Gasteiger partial charge in [-0.2, -0.15) is 4.98 Å². The molecule has 0 fully saturated rings. The molecule has 4 aromatic rings. The van der Waals surface area contributed by atoms with Crippen molar-refractivity contribution in [2.24, 2.45) is 0 Å². The number of benzene rings is 2. The molecule has 0 spiro atoms. The lowest BCUT2D eigenvalue weighted by Gasteiger charge is -2.08. The summed E-state index contributed by atoms with van der Waals surface area (Å²) in [5, 5.41) is 3.19. The van der Waals surface area contributed by atoms with Gasteiger partial charge in [0, 0.05) is 12.7 Å². The summed E-state index contributed by atoms with van der Waals surface area (Å²) in [7, 11) is 1.61. The molecule has 4 rings (SSSR count). The maximum atomic E-state index is 13.5. The van der Waals surface area contributed by atoms with Crippen LogP contribution in [-0.2, 0) is 6.42 Å². The van der Waals surface area contributed by atoms with Gasteiger partial charge in [-0.3, -0.25) is 9.78 Å². The van der Waals surface area contributed by atoms with E-state index in [2.05, 4.69) is 20.3 Å². The monoisotopic (exact) mass is 407 g/mol. The van der Waals surface area contributed by atoms with Crippen LogP contribution in [0.2, 0.25) is 0 Å². The number of nitrogens with one attached hydrogen (secondary N) is 2. The van der Waals surface area contributed by atoms with Crippen molar-refractivity contribution < 1.29 is 9.13 Å². The third kappa shape index (κ3) is 3.90. The van der Waals surface area contributed by atoms with Crippen LogP contribution in [0.4, 0.5) is 10.3 Å². The van der Waals surface area contributed by atoms with E-state index >= 15 is 0 Å². The quantitative estimate of drug-likeness (QED) is 0.508. The zero-order chi connectivity index (χ0) is 21.1. The van der Waals surface area contributed by atoms with E-state index in [0.717, 1.165) is 21.9 Å². The first kappa shape index (κ1) is 19.3. The molecule has 0 radical (unpaired) electrons. The first-order chi connectivity index (χ1) is 14.5.